The summed E-state index contributed by atoms with van der Waals surface area (Å²) in [5.74, 6) is -0.311. The standard InChI is InChI=1S/C9H10N2O.C7H4FN/c10-7-8-1-3-9(4-2-8)11-5-6-12;8-7-3-1-6(5-9)2-4-7/h1-4,11-12H,5-6H2;1-4H. The van der Waals surface area contributed by atoms with Gasteiger partial charge in [0, 0.05) is 12.2 Å². The molecule has 0 aromatic heterocycles. The summed E-state index contributed by atoms with van der Waals surface area (Å²) in [7, 11) is 0. The molecule has 2 aromatic carbocycles. The number of nitrogens with one attached hydrogen (secondary N) is 1. The Morgan fingerprint density at radius 2 is 1.38 bits per heavy atom. The van der Waals surface area contributed by atoms with Crippen molar-refractivity contribution in [1.29, 1.82) is 10.5 Å². The maximum atomic E-state index is 12.1. The van der Waals surface area contributed by atoms with Gasteiger partial charge in [-0.3, -0.25) is 0 Å². The van der Waals surface area contributed by atoms with E-state index in [1.807, 2.05) is 24.3 Å². The highest BCUT2D eigenvalue weighted by atomic mass is 19.1. The second kappa shape index (κ2) is 9.08. The smallest absolute Gasteiger partial charge is 0.123 e. The topological polar surface area (TPSA) is 79.8 Å². The Hall–Kier alpha value is -2.89. The van der Waals surface area contributed by atoms with Gasteiger partial charge in [0.1, 0.15) is 5.82 Å². The maximum absolute atomic E-state index is 12.1. The maximum Gasteiger partial charge on any atom is 0.123 e. The number of aliphatic hydroxyl groups excluding tert-OH is 1. The molecule has 0 unspecified atom stereocenters. The number of aliphatic hydroxyl groups is 1. The molecule has 106 valence electrons. The zero-order valence-electron chi connectivity index (χ0n) is 11.3. The van der Waals surface area contributed by atoms with E-state index >= 15 is 0 Å². The summed E-state index contributed by atoms with van der Waals surface area (Å²) in [4.78, 5) is 0. The minimum atomic E-state index is -0.311. The number of nitrogens with zero attached hydrogens (tertiary/aromatic N) is 2. The SMILES string of the molecule is N#Cc1ccc(F)cc1.N#Cc1ccc(NCCO)cc1. The van der Waals surface area contributed by atoms with Gasteiger partial charge in [0.2, 0.25) is 0 Å². The van der Waals surface area contributed by atoms with Crippen LogP contribution in [0.3, 0.4) is 0 Å². The summed E-state index contributed by atoms with van der Waals surface area (Å²) in [5, 5.41) is 28.2. The van der Waals surface area contributed by atoms with E-state index in [9.17, 15) is 4.39 Å². The Morgan fingerprint density at radius 3 is 1.81 bits per heavy atom. The molecule has 0 atom stereocenters. The third kappa shape index (κ3) is 6.20. The number of rotatable bonds is 3. The second-order valence-corrected chi connectivity index (χ2v) is 3.96. The molecule has 0 saturated carbocycles. The second-order valence-electron chi connectivity index (χ2n) is 3.96. The molecule has 0 fully saturated rings. The summed E-state index contributed by atoms with van der Waals surface area (Å²) < 4.78 is 12.1. The van der Waals surface area contributed by atoms with Crippen molar-refractivity contribution in [3.8, 4) is 12.1 Å². The summed E-state index contributed by atoms with van der Waals surface area (Å²) in [5.41, 5.74) is 2.05. The van der Waals surface area contributed by atoms with Crippen molar-refractivity contribution in [2.75, 3.05) is 18.5 Å². The average molecular weight is 283 g/mol. The van der Waals surface area contributed by atoms with Gasteiger partial charge < -0.3 is 10.4 Å². The van der Waals surface area contributed by atoms with E-state index in [-0.39, 0.29) is 12.4 Å². The zero-order valence-corrected chi connectivity index (χ0v) is 11.3. The van der Waals surface area contributed by atoms with Gasteiger partial charge in [-0.15, -0.1) is 0 Å². The predicted molar refractivity (Wildman–Crippen MR) is 77.8 cm³/mol. The van der Waals surface area contributed by atoms with Crippen molar-refractivity contribution in [2.45, 2.75) is 0 Å². The third-order valence-electron chi connectivity index (χ3n) is 2.43. The Labute approximate surface area is 122 Å². The molecule has 0 amide bonds. The van der Waals surface area contributed by atoms with Gasteiger partial charge in [0.25, 0.3) is 0 Å². The number of anilines is 1. The van der Waals surface area contributed by atoms with Crippen LogP contribution in [-0.2, 0) is 0 Å². The van der Waals surface area contributed by atoms with Gasteiger partial charge in [0.15, 0.2) is 0 Å². The largest absolute Gasteiger partial charge is 0.395 e. The van der Waals surface area contributed by atoms with Crippen LogP contribution in [0.15, 0.2) is 48.5 Å². The quantitative estimate of drug-likeness (QED) is 0.907. The van der Waals surface area contributed by atoms with Crippen molar-refractivity contribution in [3.05, 3.63) is 65.5 Å². The van der Waals surface area contributed by atoms with Gasteiger partial charge in [-0.2, -0.15) is 10.5 Å². The third-order valence-corrected chi connectivity index (χ3v) is 2.43. The number of nitriles is 2. The van der Waals surface area contributed by atoms with Crippen molar-refractivity contribution < 1.29 is 9.50 Å². The Balaban J connectivity index is 0.000000219. The van der Waals surface area contributed by atoms with Crippen LogP contribution < -0.4 is 5.32 Å². The highest BCUT2D eigenvalue weighted by molar-refractivity contribution is 5.47. The van der Waals surface area contributed by atoms with E-state index in [1.54, 1.807) is 12.1 Å². The van der Waals surface area contributed by atoms with E-state index in [1.165, 1.54) is 24.3 Å². The van der Waals surface area contributed by atoms with Crippen LogP contribution in [0.2, 0.25) is 0 Å². The molecule has 2 aromatic rings. The molecule has 0 heterocycles. The molecule has 2 N–H and O–H groups in total. The van der Waals surface area contributed by atoms with E-state index in [4.69, 9.17) is 15.6 Å². The van der Waals surface area contributed by atoms with Crippen LogP contribution in [0.5, 0.6) is 0 Å². The van der Waals surface area contributed by atoms with Crippen molar-refractivity contribution in [3.63, 3.8) is 0 Å². The summed E-state index contributed by atoms with van der Waals surface area (Å²) in [6.07, 6.45) is 0. The normalized spacial score (nSPS) is 8.76. The Morgan fingerprint density at radius 1 is 0.905 bits per heavy atom. The first-order chi connectivity index (χ1) is 10.2. The number of hydrogen-bond donors (Lipinski definition) is 2. The molecule has 0 aliphatic heterocycles. The fourth-order valence-corrected chi connectivity index (χ4v) is 1.39. The van der Waals surface area contributed by atoms with E-state index in [0.717, 1.165) is 5.69 Å². The first kappa shape index (κ1) is 16.2. The van der Waals surface area contributed by atoms with E-state index in [2.05, 4.69) is 5.32 Å². The fourth-order valence-electron chi connectivity index (χ4n) is 1.39. The average Bonchev–Trinajstić information content (AvgIpc) is 2.55. The lowest BCUT2D eigenvalue weighted by Crippen LogP contribution is -2.04. The van der Waals surface area contributed by atoms with Crippen LogP contribution in [0.25, 0.3) is 0 Å². The lowest BCUT2D eigenvalue weighted by Gasteiger charge is -2.02. The summed E-state index contributed by atoms with van der Waals surface area (Å²) in [6.45, 7) is 0.645. The molecular formula is C16H14FN3O. The van der Waals surface area contributed by atoms with Crippen LogP contribution >= 0.6 is 0 Å². The Kier molecular flexibility index (Phi) is 6.99. The van der Waals surface area contributed by atoms with Crippen LogP contribution in [-0.4, -0.2) is 18.3 Å². The summed E-state index contributed by atoms with van der Waals surface area (Å²) >= 11 is 0. The number of benzene rings is 2. The van der Waals surface area contributed by atoms with Crippen molar-refractivity contribution in [2.24, 2.45) is 0 Å². The van der Waals surface area contributed by atoms with Crippen molar-refractivity contribution >= 4 is 5.69 Å². The predicted octanol–water partition coefficient (Wildman–Crippen LogP) is 2.66. The lowest BCUT2D eigenvalue weighted by atomic mass is 10.2. The molecule has 0 radical (unpaired) electrons. The van der Waals surface area contributed by atoms with Crippen LogP contribution in [0.4, 0.5) is 10.1 Å². The van der Waals surface area contributed by atoms with Crippen molar-refractivity contribution in [1.82, 2.24) is 0 Å². The van der Waals surface area contributed by atoms with Gasteiger partial charge in [-0.05, 0) is 48.5 Å². The summed E-state index contributed by atoms with van der Waals surface area (Å²) in [6, 6.07) is 16.4. The molecule has 21 heavy (non-hydrogen) atoms. The highest BCUT2D eigenvalue weighted by Gasteiger charge is 1.91. The fraction of sp³-hybridized carbons (Fsp3) is 0.125. The molecule has 2 rings (SSSR count). The van der Waals surface area contributed by atoms with Gasteiger partial charge in [0.05, 0.1) is 29.9 Å². The Bertz CT molecular complexity index is 625. The molecule has 4 nitrogen and oxygen atoms in total. The van der Waals surface area contributed by atoms with E-state index in [0.29, 0.717) is 17.7 Å². The first-order valence-electron chi connectivity index (χ1n) is 6.20. The first-order valence-corrected chi connectivity index (χ1v) is 6.20. The molecule has 5 heteroatoms. The number of halogens is 1. The molecular weight excluding hydrogens is 269 g/mol. The minimum absolute atomic E-state index is 0.111. The monoisotopic (exact) mass is 283 g/mol. The molecule has 0 spiro atoms. The van der Waals surface area contributed by atoms with Crippen LogP contribution in [0, 0.1) is 28.5 Å². The van der Waals surface area contributed by atoms with Gasteiger partial charge >= 0.3 is 0 Å². The highest BCUT2D eigenvalue weighted by Crippen LogP contribution is 2.07. The van der Waals surface area contributed by atoms with Gasteiger partial charge in [-0.25, -0.2) is 4.39 Å². The zero-order chi connectivity index (χ0) is 15.5. The minimum Gasteiger partial charge on any atom is -0.395 e. The molecule has 0 saturated heterocycles. The van der Waals surface area contributed by atoms with Crippen LogP contribution in [0.1, 0.15) is 11.1 Å². The molecule has 0 aliphatic carbocycles. The molecule has 0 aliphatic rings. The number of hydrogen-bond acceptors (Lipinski definition) is 4. The van der Waals surface area contributed by atoms with Gasteiger partial charge in [-0.1, -0.05) is 0 Å². The molecule has 0 bridgehead atoms. The van der Waals surface area contributed by atoms with E-state index < -0.39 is 0 Å². The lowest BCUT2D eigenvalue weighted by molar-refractivity contribution is 0.311.